The second kappa shape index (κ2) is 6.31. The third kappa shape index (κ3) is 5.00. The zero-order valence-corrected chi connectivity index (χ0v) is 11.0. The molecule has 0 spiro atoms. The first kappa shape index (κ1) is 16.3. The van der Waals surface area contributed by atoms with Crippen molar-refractivity contribution < 1.29 is 22.4 Å². The number of hydrogen-bond donors (Lipinski definition) is 0. The van der Waals surface area contributed by atoms with Gasteiger partial charge in [0.05, 0.1) is 12.2 Å². The summed E-state index contributed by atoms with van der Waals surface area (Å²) in [5.41, 5.74) is 4.17. The van der Waals surface area contributed by atoms with Gasteiger partial charge in [0.1, 0.15) is 6.54 Å². The molecule has 0 radical (unpaired) electrons. The Labute approximate surface area is 98.4 Å². The lowest BCUT2D eigenvalue weighted by Gasteiger charge is -2.28. The van der Waals surface area contributed by atoms with Crippen molar-refractivity contribution in [3.05, 3.63) is 10.4 Å². The summed E-state index contributed by atoms with van der Waals surface area (Å²) < 4.78 is 48.6. The van der Waals surface area contributed by atoms with Gasteiger partial charge in [-0.05, 0) is 33.2 Å². The summed E-state index contributed by atoms with van der Waals surface area (Å²) in [4.78, 5) is 2.21. The van der Waals surface area contributed by atoms with E-state index < -0.39 is 32.0 Å². The van der Waals surface area contributed by atoms with Crippen LogP contribution < -0.4 is 0 Å². The van der Waals surface area contributed by atoms with Crippen LogP contribution in [0.5, 0.6) is 0 Å². The van der Waals surface area contributed by atoms with Crippen molar-refractivity contribution in [2.75, 3.05) is 6.54 Å². The van der Waals surface area contributed by atoms with Crippen molar-refractivity contribution in [1.82, 2.24) is 0 Å². The van der Waals surface area contributed by atoms with E-state index in [4.69, 9.17) is 14.6 Å². The second-order valence-corrected chi connectivity index (χ2v) is 5.93. The van der Waals surface area contributed by atoms with Gasteiger partial charge in [0, 0.05) is 4.91 Å². The molecule has 0 aromatic heterocycles. The first-order valence-corrected chi connectivity index (χ1v) is 6.54. The van der Waals surface area contributed by atoms with Gasteiger partial charge in [0.25, 0.3) is 0 Å². The van der Waals surface area contributed by atoms with Crippen LogP contribution in [0.15, 0.2) is 5.11 Å². The van der Waals surface area contributed by atoms with Crippen LogP contribution in [-0.4, -0.2) is 24.4 Å². The molecule has 100 valence electrons. The lowest BCUT2D eigenvalue weighted by molar-refractivity contribution is 0.0264. The molecule has 0 aromatic carbocycles. The Morgan fingerprint density at radius 1 is 1.29 bits per heavy atom. The molecule has 0 aliphatic carbocycles. The zero-order chi connectivity index (χ0) is 13.7. The summed E-state index contributed by atoms with van der Waals surface area (Å²) in [5.74, 6) is 0. The highest BCUT2D eigenvalue weighted by molar-refractivity contribution is 7.55. The third-order valence-electron chi connectivity index (χ3n) is 1.42. The quantitative estimate of drug-likeness (QED) is 0.304. The smallest absolute Gasteiger partial charge is 0.302 e. The molecule has 6 nitrogen and oxygen atoms in total. The molecule has 0 rings (SSSR count). The summed E-state index contributed by atoms with van der Waals surface area (Å²) in [6, 6.07) is 0. The summed E-state index contributed by atoms with van der Waals surface area (Å²) in [7, 11) is -4.66. The summed E-state index contributed by atoms with van der Waals surface area (Å²) in [5, 5.41) is 2.72. The minimum atomic E-state index is -4.66. The third-order valence-corrected chi connectivity index (χ3v) is 3.77. The van der Waals surface area contributed by atoms with Gasteiger partial charge in [-0.1, -0.05) is 5.11 Å². The van der Waals surface area contributed by atoms with Crippen LogP contribution in [0.25, 0.3) is 10.4 Å². The molecule has 0 aliphatic rings. The maximum absolute atomic E-state index is 13.6. The Balaban J connectivity index is 5.14. The van der Waals surface area contributed by atoms with Crippen molar-refractivity contribution in [3.8, 4) is 0 Å². The van der Waals surface area contributed by atoms with Crippen LogP contribution >= 0.6 is 7.60 Å². The molecular weight excluding hydrogens is 255 g/mol. The van der Waals surface area contributed by atoms with Crippen molar-refractivity contribution >= 4 is 7.60 Å². The Morgan fingerprint density at radius 3 is 2.00 bits per heavy atom. The fraction of sp³-hybridized carbons (Fsp3) is 1.00. The molecule has 0 N–H and O–H groups in total. The highest BCUT2D eigenvalue weighted by Gasteiger charge is 2.54. The highest BCUT2D eigenvalue weighted by Crippen LogP contribution is 2.63. The molecule has 0 saturated heterocycles. The van der Waals surface area contributed by atoms with E-state index in [2.05, 4.69) is 10.0 Å². The predicted octanol–water partition coefficient (Wildman–Crippen LogP) is 3.93. The molecule has 0 saturated carbocycles. The lowest BCUT2D eigenvalue weighted by Crippen LogP contribution is -2.26. The normalized spacial score (nSPS) is 12.9. The van der Waals surface area contributed by atoms with E-state index in [0.717, 1.165) is 0 Å². The molecule has 0 unspecified atom stereocenters. The highest BCUT2D eigenvalue weighted by atomic mass is 31.2. The summed E-state index contributed by atoms with van der Waals surface area (Å²) in [6.07, 6.45) is -1.40. The summed E-state index contributed by atoms with van der Waals surface area (Å²) in [6.45, 7) is 4.57. The molecule has 0 aliphatic heterocycles. The van der Waals surface area contributed by atoms with Crippen LogP contribution in [-0.2, 0) is 13.6 Å². The van der Waals surface area contributed by atoms with Crippen molar-refractivity contribution in [2.45, 2.75) is 45.6 Å². The minimum absolute atomic E-state index is 0.698. The maximum atomic E-state index is 13.6. The van der Waals surface area contributed by atoms with E-state index >= 15 is 0 Å². The Hall–Kier alpha value is -0.680. The van der Waals surface area contributed by atoms with Crippen molar-refractivity contribution in [1.29, 1.82) is 0 Å². The topological polar surface area (TPSA) is 84.3 Å². The Kier molecular flexibility index (Phi) is 6.05. The van der Waals surface area contributed by atoms with Crippen LogP contribution in [0.1, 0.15) is 27.7 Å². The Bertz CT molecular complexity index is 329. The molecule has 9 heteroatoms. The average Bonchev–Trinajstić information content (AvgIpc) is 2.11. The van der Waals surface area contributed by atoms with Gasteiger partial charge in [-0.3, -0.25) is 4.57 Å². The van der Waals surface area contributed by atoms with Crippen molar-refractivity contribution in [3.63, 3.8) is 0 Å². The Morgan fingerprint density at radius 2 is 1.71 bits per heavy atom. The number of rotatable bonds is 7. The van der Waals surface area contributed by atoms with Gasteiger partial charge in [-0.2, -0.15) is 8.78 Å². The average molecular weight is 271 g/mol. The molecule has 0 aromatic rings. The van der Waals surface area contributed by atoms with E-state index in [-0.39, 0.29) is 0 Å². The maximum Gasteiger partial charge on any atom is 0.400 e. The van der Waals surface area contributed by atoms with E-state index in [1.165, 1.54) is 27.7 Å². The van der Waals surface area contributed by atoms with Gasteiger partial charge in [0.2, 0.25) is 0 Å². The molecule has 17 heavy (non-hydrogen) atoms. The standard InChI is InChI=1S/C8H16F2N3O3P/c1-6(2)15-17(14,16-7(3)4)8(9,10)5-12-13-11/h6-7H,5H2,1-4H3. The van der Waals surface area contributed by atoms with Crippen molar-refractivity contribution in [2.24, 2.45) is 5.11 Å². The lowest BCUT2D eigenvalue weighted by atomic mass is 10.5. The minimum Gasteiger partial charge on any atom is -0.302 e. The van der Waals surface area contributed by atoms with E-state index in [1.54, 1.807) is 0 Å². The number of azide groups is 1. The second-order valence-electron chi connectivity index (χ2n) is 3.86. The molecule has 0 amide bonds. The fourth-order valence-electron chi connectivity index (χ4n) is 0.937. The largest absolute Gasteiger partial charge is 0.400 e. The SMILES string of the molecule is CC(C)OP(=O)(OC(C)C)C(F)(F)CN=[N+]=[N-]. The number of nitrogens with zero attached hydrogens (tertiary/aromatic N) is 3. The van der Waals surface area contributed by atoms with Gasteiger partial charge in [-0.25, -0.2) is 0 Å². The van der Waals surface area contributed by atoms with Gasteiger partial charge < -0.3 is 9.05 Å². The fourth-order valence-corrected chi connectivity index (χ4v) is 2.64. The van der Waals surface area contributed by atoms with Gasteiger partial charge >= 0.3 is 13.3 Å². The monoisotopic (exact) mass is 271 g/mol. The first-order valence-electron chi connectivity index (χ1n) is 5.00. The summed E-state index contributed by atoms with van der Waals surface area (Å²) >= 11 is 0. The van der Waals surface area contributed by atoms with Crippen LogP contribution in [0.4, 0.5) is 8.78 Å². The first-order chi connectivity index (χ1) is 7.64. The molecule has 0 atom stereocenters. The molecular formula is C8H16F2N3O3P. The number of halogens is 2. The molecule has 0 fully saturated rings. The van der Waals surface area contributed by atoms with Crippen LogP contribution in [0.3, 0.4) is 0 Å². The number of alkyl halides is 2. The van der Waals surface area contributed by atoms with Gasteiger partial charge in [0.15, 0.2) is 0 Å². The van der Waals surface area contributed by atoms with Crippen LogP contribution in [0, 0.1) is 0 Å². The zero-order valence-electron chi connectivity index (χ0n) is 10.1. The van der Waals surface area contributed by atoms with E-state index in [9.17, 15) is 13.3 Å². The molecule has 0 heterocycles. The van der Waals surface area contributed by atoms with Gasteiger partial charge in [-0.15, -0.1) is 0 Å². The molecule has 0 bridgehead atoms. The van der Waals surface area contributed by atoms with E-state index in [1.807, 2.05) is 0 Å². The number of hydrogen-bond acceptors (Lipinski definition) is 4. The van der Waals surface area contributed by atoms with Crippen LogP contribution in [0.2, 0.25) is 0 Å². The van der Waals surface area contributed by atoms with E-state index in [0.29, 0.717) is 0 Å². The predicted molar refractivity (Wildman–Crippen MR) is 59.0 cm³/mol.